The number of nitrogens with one attached hydrogen (secondary N) is 1. The summed E-state index contributed by atoms with van der Waals surface area (Å²) in [4.78, 5) is 0.382. The molecule has 0 heterocycles. The number of benzene rings is 1. The predicted octanol–water partition coefficient (Wildman–Crippen LogP) is 2.26. The van der Waals surface area contributed by atoms with Gasteiger partial charge in [0.2, 0.25) is 10.0 Å². The van der Waals surface area contributed by atoms with Crippen LogP contribution in [0.4, 0.5) is 0 Å². The molecule has 5 heteroatoms. The number of likely N-dealkylation sites (N-methyl/N-ethyl adjacent to an activating group) is 1. The van der Waals surface area contributed by atoms with Gasteiger partial charge in [-0.2, -0.15) is 4.31 Å². The normalized spacial score (nSPS) is 12.3. The fraction of sp³-hybridized carbons (Fsp3) is 0.600. The van der Waals surface area contributed by atoms with Gasteiger partial charge in [0.1, 0.15) is 0 Å². The van der Waals surface area contributed by atoms with Crippen LogP contribution in [0, 0.1) is 0 Å². The highest BCUT2D eigenvalue weighted by molar-refractivity contribution is 7.89. The van der Waals surface area contributed by atoms with E-state index >= 15 is 0 Å². The van der Waals surface area contributed by atoms with E-state index in [4.69, 9.17) is 0 Å². The lowest BCUT2D eigenvalue weighted by atomic mass is 10.1. The first-order chi connectivity index (χ1) is 9.43. The molecule has 0 spiro atoms. The summed E-state index contributed by atoms with van der Waals surface area (Å²) in [5.41, 5.74) is 1.14. The lowest BCUT2D eigenvalue weighted by Gasteiger charge is -2.25. The number of nitrogens with zero attached hydrogens (tertiary/aromatic N) is 1. The molecule has 0 aromatic heterocycles. The monoisotopic (exact) mass is 298 g/mol. The third kappa shape index (κ3) is 4.30. The highest BCUT2D eigenvalue weighted by Gasteiger charge is 2.25. The van der Waals surface area contributed by atoms with Crippen molar-refractivity contribution in [3.8, 4) is 0 Å². The van der Waals surface area contributed by atoms with E-state index in [0.29, 0.717) is 11.4 Å². The average molecular weight is 298 g/mol. The summed E-state index contributed by atoms with van der Waals surface area (Å²) in [6.07, 6.45) is 1.72. The first-order valence-corrected chi connectivity index (χ1v) is 8.62. The van der Waals surface area contributed by atoms with Crippen LogP contribution >= 0.6 is 0 Å². The fourth-order valence-corrected chi connectivity index (χ4v) is 3.84. The molecule has 0 amide bonds. The maximum atomic E-state index is 12.6. The summed E-state index contributed by atoms with van der Waals surface area (Å²) in [6, 6.07) is 7.20. The quantitative estimate of drug-likeness (QED) is 0.801. The van der Waals surface area contributed by atoms with Crippen LogP contribution in [0.15, 0.2) is 29.2 Å². The zero-order valence-corrected chi connectivity index (χ0v) is 13.7. The third-order valence-electron chi connectivity index (χ3n) is 3.21. The first kappa shape index (κ1) is 17.1. The van der Waals surface area contributed by atoms with E-state index in [1.165, 1.54) is 0 Å². The second kappa shape index (κ2) is 7.76. The second-order valence-electron chi connectivity index (χ2n) is 5.21. The summed E-state index contributed by atoms with van der Waals surface area (Å²) in [6.45, 7) is 7.26. The Morgan fingerprint density at radius 2 is 1.80 bits per heavy atom. The van der Waals surface area contributed by atoms with Crippen molar-refractivity contribution in [1.29, 1.82) is 0 Å². The Morgan fingerprint density at radius 1 is 1.20 bits per heavy atom. The zero-order chi connectivity index (χ0) is 15.2. The Morgan fingerprint density at radius 3 is 2.25 bits per heavy atom. The molecule has 0 atom stereocenters. The van der Waals surface area contributed by atoms with Crippen LogP contribution in [-0.4, -0.2) is 38.9 Å². The van der Waals surface area contributed by atoms with Crippen molar-refractivity contribution in [2.75, 3.05) is 20.1 Å². The molecule has 1 aromatic rings. The van der Waals surface area contributed by atoms with Crippen LogP contribution in [0.5, 0.6) is 0 Å². The minimum absolute atomic E-state index is 0.0242. The number of rotatable bonds is 8. The van der Waals surface area contributed by atoms with Crippen LogP contribution in [0.2, 0.25) is 0 Å². The van der Waals surface area contributed by atoms with E-state index in [9.17, 15) is 8.42 Å². The summed E-state index contributed by atoms with van der Waals surface area (Å²) in [5.74, 6) is 0. The van der Waals surface area contributed by atoms with E-state index in [1.54, 1.807) is 16.4 Å². The van der Waals surface area contributed by atoms with Gasteiger partial charge in [-0.15, -0.1) is 0 Å². The van der Waals surface area contributed by atoms with Gasteiger partial charge >= 0.3 is 0 Å². The smallest absolute Gasteiger partial charge is 0.243 e. The van der Waals surface area contributed by atoms with E-state index < -0.39 is 10.0 Å². The van der Waals surface area contributed by atoms with Gasteiger partial charge in [-0.1, -0.05) is 19.1 Å². The summed E-state index contributed by atoms with van der Waals surface area (Å²) in [7, 11) is -1.48. The Balaban J connectivity index is 2.96. The van der Waals surface area contributed by atoms with E-state index in [1.807, 2.05) is 40.0 Å². The molecule has 0 bridgehead atoms. The molecule has 0 aliphatic heterocycles. The SMILES string of the molecule is CCCN(C(C)C)S(=O)(=O)c1ccc(CCNC)cc1. The second-order valence-corrected chi connectivity index (χ2v) is 7.10. The molecular formula is C15H26N2O2S. The first-order valence-electron chi connectivity index (χ1n) is 7.18. The Labute approximate surface area is 123 Å². The number of sulfonamides is 1. The molecule has 0 aliphatic rings. The van der Waals surface area contributed by atoms with E-state index in [0.717, 1.165) is 24.9 Å². The Hall–Kier alpha value is -0.910. The predicted molar refractivity (Wildman–Crippen MR) is 83.4 cm³/mol. The van der Waals surface area contributed by atoms with Gasteiger partial charge < -0.3 is 5.32 Å². The standard InChI is InChI=1S/C15H26N2O2S/c1-5-12-17(13(2)3)20(18,19)15-8-6-14(7-9-15)10-11-16-4/h6-9,13,16H,5,10-12H2,1-4H3. The molecule has 0 radical (unpaired) electrons. The summed E-state index contributed by atoms with van der Waals surface area (Å²) in [5, 5.41) is 3.08. The molecule has 1 N–H and O–H groups in total. The summed E-state index contributed by atoms with van der Waals surface area (Å²) >= 11 is 0. The molecule has 0 saturated heterocycles. The Kier molecular flexibility index (Phi) is 6.65. The Bertz CT molecular complexity index is 495. The maximum Gasteiger partial charge on any atom is 0.243 e. The molecule has 1 rings (SSSR count). The molecule has 4 nitrogen and oxygen atoms in total. The van der Waals surface area contributed by atoms with Crippen molar-refractivity contribution < 1.29 is 8.42 Å². The molecule has 0 unspecified atom stereocenters. The molecule has 0 saturated carbocycles. The van der Waals surface area contributed by atoms with E-state index in [-0.39, 0.29) is 6.04 Å². The molecule has 0 fully saturated rings. The van der Waals surface area contributed by atoms with Gasteiger partial charge in [-0.3, -0.25) is 0 Å². The van der Waals surface area contributed by atoms with Crippen molar-refractivity contribution in [2.45, 2.75) is 44.6 Å². The van der Waals surface area contributed by atoms with Crippen LogP contribution in [0.3, 0.4) is 0 Å². The summed E-state index contributed by atoms with van der Waals surface area (Å²) < 4.78 is 26.8. The minimum Gasteiger partial charge on any atom is -0.319 e. The molecule has 1 aromatic carbocycles. The third-order valence-corrected chi connectivity index (χ3v) is 5.30. The number of hydrogen-bond donors (Lipinski definition) is 1. The van der Waals surface area contributed by atoms with Crippen molar-refractivity contribution in [3.05, 3.63) is 29.8 Å². The molecule has 0 aliphatic carbocycles. The van der Waals surface area contributed by atoms with Gasteiger partial charge in [-0.05, 0) is 58.0 Å². The van der Waals surface area contributed by atoms with Gasteiger partial charge in [0.05, 0.1) is 4.90 Å². The number of hydrogen-bond acceptors (Lipinski definition) is 3. The van der Waals surface area contributed by atoms with Crippen LogP contribution in [0.1, 0.15) is 32.8 Å². The van der Waals surface area contributed by atoms with Crippen LogP contribution in [-0.2, 0) is 16.4 Å². The van der Waals surface area contributed by atoms with Crippen molar-refractivity contribution >= 4 is 10.0 Å². The van der Waals surface area contributed by atoms with E-state index in [2.05, 4.69) is 5.32 Å². The highest BCUT2D eigenvalue weighted by Crippen LogP contribution is 2.19. The fourth-order valence-electron chi connectivity index (χ4n) is 2.11. The van der Waals surface area contributed by atoms with Gasteiger partial charge in [0, 0.05) is 12.6 Å². The van der Waals surface area contributed by atoms with Crippen molar-refractivity contribution in [3.63, 3.8) is 0 Å². The lowest BCUT2D eigenvalue weighted by molar-refractivity contribution is 0.354. The van der Waals surface area contributed by atoms with Gasteiger partial charge in [0.15, 0.2) is 0 Å². The van der Waals surface area contributed by atoms with Gasteiger partial charge in [-0.25, -0.2) is 8.42 Å². The highest BCUT2D eigenvalue weighted by atomic mass is 32.2. The largest absolute Gasteiger partial charge is 0.319 e. The van der Waals surface area contributed by atoms with Crippen molar-refractivity contribution in [1.82, 2.24) is 9.62 Å². The topological polar surface area (TPSA) is 49.4 Å². The zero-order valence-electron chi connectivity index (χ0n) is 12.9. The van der Waals surface area contributed by atoms with Crippen LogP contribution in [0.25, 0.3) is 0 Å². The minimum atomic E-state index is -3.38. The lowest BCUT2D eigenvalue weighted by Crippen LogP contribution is -2.37. The maximum absolute atomic E-state index is 12.6. The van der Waals surface area contributed by atoms with Crippen molar-refractivity contribution in [2.24, 2.45) is 0 Å². The molecular weight excluding hydrogens is 272 g/mol. The molecule has 20 heavy (non-hydrogen) atoms. The average Bonchev–Trinajstić information content (AvgIpc) is 2.42. The molecule has 114 valence electrons. The van der Waals surface area contributed by atoms with Crippen LogP contribution < -0.4 is 5.32 Å². The van der Waals surface area contributed by atoms with Gasteiger partial charge in [0.25, 0.3) is 0 Å².